The monoisotopic (exact) mass is 462 g/mol. The quantitative estimate of drug-likeness (QED) is 0.385. The maximum atomic E-state index is 11.8. The molecule has 0 saturated carbocycles. The van der Waals surface area contributed by atoms with E-state index in [-0.39, 0.29) is 12.3 Å². The lowest BCUT2D eigenvalue weighted by molar-refractivity contribution is -0.384. The molecule has 1 heterocycles. The van der Waals surface area contributed by atoms with Gasteiger partial charge in [-0.15, -0.1) is 0 Å². The molecule has 1 aliphatic heterocycles. The SMILES string of the molecule is O=C(COc1cccc(Br)c1)N/N=C/c1ccc(N2CCOCC2)c([N+](=O)[O-])c1. The number of nitro groups is 1. The fourth-order valence-electron chi connectivity index (χ4n) is 2.76. The molecule has 1 saturated heterocycles. The number of amides is 1. The highest BCUT2D eigenvalue weighted by Crippen LogP contribution is 2.29. The summed E-state index contributed by atoms with van der Waals surface area (Å²) in [4.78, 5) is 24.8. The zero-order valence-corrected chi connectivity index (χ0v) is 17.0. The zero-order valence-electron chi connectivity index (χ0n) is 15.4. The second-order valence-electron chi connectivity index (χ2n) is 6.14. The fraction of sp³-hybridized carbons (Fsp3) is 0.263. The third-order valence-corrected chi connectivity index (χ3v) is 4.61. The Morgan fingerprint density at radius 2 is 2.10 bits per heavy atom. The van der Waals surface area contributed by atoms with Crippen molar-refractivity contribution in [3.63, 3.8) is 0 Å². The first kappa shape index (κ1) is 20.7. The van der Waals surface area contributed by atoms with E-state index in [0.29, 0.717) is 43.3 Å². The number of nitrogens with one attached hydrogen (secondary N) is 1. The number of benzene rings is 2. The van der Waals surface area contributed by atoms with Gasteiger partial charge < -0.3 is 14.4 Å². The third kappa shape index (κ3) is 6.00. The van der Waals surface area contributed by atoms with Crippen LogP contribution < -0.4 is 15.1 Å². The Bertz CT molecular complexity index is 915. The van der Waals surface area contributed by atoms with Crippen LogP contribution in [0.25, 0.3) is 0 Å². The van der Waals surface area contributed by atoms with Crippen LogP contribution in [0.2, 0.25) is 0 Å². The van der Waals surface area contributed by atoms with Gasteiger partial charge >= 0.3 is 0 Å². The maximum absolute atomic E-state index is 11.8. The van der Waals surface area contributed by atoms with Crippen molar-refractivity contribution < 1.29 is 19.2 Å². The Morgan fingerprint density at radius 3 is 2.83 bits per heavy atom. The summed E-state index contributed by atoms with van der Waals surface area (Å²) in [5.41, 5.74) is 3.37. The zero-order chi connectivity index (χ0) is 20.6. The summed E-state index contributed by atoms with van der Waals surface area (Å²) in [6, 6.07) is 11.9. The molecule has 9 nitrogen and oxygen atoms in total. The van der Waals surface area contributed by atoms with Gasteiger partial charge in [0.25, 0.3) is 11.6 Å². The summed E-state index contributed by atoms with van der Waals surface area (Å²) in [7, 11) is 0. The summed E-state index contributed by atoms with van der Waals surface area (Å²) < 4.78 is 11.5. The van der Waals surface area contributed by atoms with Crippen LogP contribution in [0.5, 0.6) is 5.75 Å². The number of nitro benzene ring substituents is 1. The van der Waals surface area contributed by atoms with Crippen molar-refractivity contribution in [3.8, 4) is 5.75 Å². The number of hydrazone groups is 1. The van der Waals surface area contributed by atoms with E-state index in [0.717, 1.165) is 4.47 Å². The maximum Gasteiger partial charge on any atom is 0.293 e. The van der Waals surface area contributed by atoms with Gasteiger partial charge in [-0.25, -0.2) is 5.43 Å². The molecule has 0 aliphatic carbocycles. The van der Waals surface area contributed by atoms with Crippen molar-refractivity contribution >= 4 is 39.4 Å². The Balaban J connectivity index is 1.58. The molecule has 1 fully saturated rings. The molecule has 0 atom stereocenters. The molecule has 1 aliphatic rings. The minimum absolute atomic E-state index is 0.0137. The lowest BCUT2D eigenvalue weighted by Crippen LogP contribution is -2.36. The van der Waals surface area contributed by atoms with Crippen LogP contribution in [0, 0.1) is 10.1 Å². The second-order valence-corrected chi connectivity index (χ2v) is 7.06. The lowest BCUT2D eigenvalue weighted by Gasteiger charge is -2.28. The van der Waals surface area contributed by atoms with Gasteiger partial charge in [-0.05, 0) is 24.3 Å². The summed E-state index contributed by atoms with van der Waals surface area (Å²) in [5.74, 6) is 0.105. The van der Waals surface area contributed by atoms with E-state index in [1.54, 1.807) is 30.3 Å². The van der Waals surface area contributed by atoms with Crippen LogP contribution in [0.3, 0.4) is 0 Å². The van der Waals surface area contributed by atoms with E-state index in [1.165, 1.54) is 12.3 Å². The first-order valence-electron chi connectivity index (χ1n) is 8.84. The first-order chi connectivity index (χ1) is 14.0. The Labute approximate surface area is 175 Å². The molecule has 1 N–H and O–H groups in total. The van der Waals surface area contributed by atoms with Gasteiger partial charge in [0, 0.05) is 29.2 Å². The Hall–Kier alpha value is -2.98. The molecule has 2 aromatic carbocycles. The van der Waals surface area contributed by atoms with Gasteiger partial charge in [-0.3, -0.25) is 14.9 Å². The summed E-state index contributed by atoms with van der Waals surface area (Å²) >= 11 is 3.32. The summed E-state index contributed by atoms with van der Waals surface area (Å²) in [5, 5.41) is 15.3. The van der Waals surface area contributed by atoms with Crippen molar-refractivity contribution in [3.05, 3.63) is 62.6 Å². The van der Waals surface area contributed by atoms with Crippen molar-refractivity contribution in [1.82, 2.24) is 5.43 Å². The number of ether oxygens (including phenoxy) is 2. The van der Waals surface area contributed by atoms with Crippen LogP contribution in [0.15, 0.2) is 52.0 Å². The second kappa shape index (κ2) is 9.99. The van der Waals surface area contributed by atoms with E-state index in [2.05, 4.69) is 26.5 Å². The number of nitrogens with zero attached hydrogens (tertiary/aromatic N) is 3. The van der Waals surface area contributed by atoms with Gasteiger partial charge in [-0.2, -0.15) is 5.10 Å². The molecular weight excluding hydrogens is 444 g/mol. The summed E-state index contributed by atoms with van der Waals surface area (Å²) in [6.45, 7) is 2.07. The average molecular weight is 463 g/mol. The molecule has 0 radical (unpaired) electrons. The van der Waals surface area contributed by atoms with Gasteiger partial charge in [0.15, 0.2) is 6.61 Å². The van der Waals surface area contributed by atoms with Crippen LogP contribution in [-0.4, -0.2) is 50.0 Å². The van der Waals surface area contributed by atoms with Gasteiger partial charge in [0.2, 0.25) is 0 Å². The van der Waals surface area contributed by atoms with Crippen molar-refractivity contribution in [2.75, 3.05) is 37.8 Å². The first-order valence-corrected chi connectivity index (χ1v) is 9.63. The Kier molecular flexibility index (Phi) is 7.14. The van der Waals surface area contributed by atoms with Crippen molar-refractivity contribution in [2.24, 2.45) is 5.10 Å². The number of hydrogen-bond acceptors (Lipinski definition) is 7. The van der Waals surface area contributed by atoms with Crippen LogP contribution >= 0.6 is 15.9 Å². The van der Waals surface area contributed by atoms with Crippen molar-refractivity contribution in [1.29, 1.82) is 0 Å². The lowest BCUT2D eigenvalue weighted by atomic mass is 10.1. The van der Waals surface area contributed by atoms with E-state index < -0.39 is 10.8 Å². The largest absolute Gasteiger partial charge is 0.484 e. The molecule has 3 rings (SSSR count). The van der Waals surface area contributed by atoms with E-state index in [9.17, 15) is 14.9 Å². The Morgan fingerprint density at radius 1 is 1.31 bits per heavy atom. The predicted molar refractivity (Wildman–Crippen MR) is 112 cm³/mol. The topological polar surface area (TPSA) is 106 Å². The number of carbonyl (C=O) groups excluding carboxylic acids is 1. The molecule has 10 heteroatoms. The van der Waals surface area contributed by atoms with Crippen LogP contribution in [-0.2, 0) is 9.53 Å². The van der Waals surface area contributed by atoms with E-state index >= 15 is 0 Å². The minimum atomic E-state index is -0.444. The van der Waals surface area contributed by atoms with Gasteiger partial charge in [0.1, 0.15) is 11.4 Å². The summed E-state index contributed by atoms with van der Waals surface area (Å²) in [6.07, 6.45) is 1.35. The predicted octanol–water partition coefficient (Wildman–Crippen LogP) is 2.72. The number of carbonyl (C=O) groups is 1. The molecule has 0 bridgehead atoms. The van der Waals surface area contributed by atoms with Crippen molar-refractivity contribution in [2.45, 2.75) is 0 Å². The van der Waals surface area contributed by atoms with Crippen LogP contribution in [0.4, 0.5) is 11.4 Å². The normalized spacial score (nSPS) is 14.0. The number of hydrogen-bond donors (Lipinski definition) is 1. The number of morpholine rings is 1. The van der Waals surface area contributed by atoms with Gasteiger partial charge in [0.05, 0.1) is 24.4 Å². The molecule has 1 amide bonds. The third-order valence-electron chi connectivity index (χ3n) is 4.12. The molecule has 152 valence electrons. The smallest absolute Gasteiger partial charge is 0.293 e. The van der Waals surface area contributed by atoms with Gasteiger partial charge in [-0.1, -0.05) is 28.1 Å². The highest BCUT2D eigenvalue weighted by atomic mass is 79.9. The van der Waals surface area contributed by atoms with Crippen LogP contribution in [0.1, 0.15) is 5.56 Å². The number of rotatable bonds is 7. The molecule has 0 spiro atoms. The standard InChI is InChI=1S/C19H19BrN4O5/c20-15-2-1-3-16(11-15)29-13-19(25)22-21-12-14-4-5-17(18(10-14)24(26)27)23-6-8-28-9-7-23/h1-5,10-12H,6-9,13H2,(H,22,25)/b21-12+. The molecule has 0 aromatic heterocycles. The molecule has 0 unspecified atom stereocenters. The highest BCUT2D eigenvalue weighted by molar-refractivity contribution is 9.10. The number of anilines is 1. The fourth-order valence-corrected chi connectivity index (χ4v) is 3.13. The molecule has 2 aromatic rings. The number of halogens is 1. The molecular formula is C19H19BrN4O5. The average Bonchev–Trinajstić information content (AvgIpc) is 2.73. The van der Waals surface area contributed by atoms with E-state index in [1.807, 2.05) is 11.0 Å². The minimum Gasteiger partial charge on any atom is -0.484 e. The van der Waals surface area contributed by atoms with E-state index in [4.69, 9.17) is 9.47 Å². The highest BCUT2D eigenvalue weighted by Gasteiger charge is 2.21. The molecule has 29 heavy (non-hydrogen) atoms.